The number of para-hydroxylation sites is 2. The van der Waals surface area contributed by atoms with Crippen molar-refractivity contribution in [2.45, 2.75) is 37.5 Å². The highest BCUT2D eigenvalue weighted by atomic mass is 31.2. The largest absolute Gasteiger partial charge is 0.647 e. The molecule has 3 N–H and O–H groups in total. The van der Waals surface area contributed by atoms with Crippen LogP contribution in [0.4, 0.5) is 0 Å². The van der Waals surface area contributed by atoms with Gasteiger partial charge in [-0.05, 0) is 48.2 Å². The fourth-order valence-corrected chi connectivity index (χ4v) is 6.51. The van der Waals surface area contributed by atoms with Gasteiger partial charge in [-0.2, -0.15) is 4.57 Å². The van der Waals surface area contributed by atoms with E-state index in [4.69, 9.17) is 23.0 Å². The summed E-state index contributed by atoms with van der Waals surface area (Å²) in [5, 5.41) is 23.9. The predicted molar refractivity (Wildman–Crippen MR) is 135 cm³/mol. The molecular weight excluding hydrogens is 513 g/mol. The molecule has 6 rings (SSSR count). The maximum Gasteiger partial charge on any atom is 0.647 e. The van der Waals surface area contributed by atoms with E-state index in [0.29, 0.717) is 17.7 Å². The molecule has 2 heterocycles. The van der Waals surface area contributed by atoms with Gasteiger partial charge in [0.1, 0.15) is 17.6 Å². The zero-order valence-corrected chi connectivity index (χ0v) is 21.2. The van der Waals surface area contributed by atoms with Gasteiger partial charge in [-0.1, -0.05) is 43.3 Å². The highest BCUT2D eigenvalue weighted by Crippen LogP contribution is 2.57. The van der Waals surface area contributed by atoms with Crippen molar-refractivity contribution in [2.75, 3.05) is 6.79 Å². The summed E-state index contributed by atoms with van der Waals surface area (Å²) in [6.07, 6.45) is -1.67. The van der Waals surface area contributed by atoms with Crippen molar-refractivity contribution in [2.24, 2.45) is 5.92 Å². The fourth-order valence-electron chi connectivity index (χ4n) is 5.24. The normalized spacial score (nSPS) is 25.6. The van der Waals surface area contributed by atoms with Crippen LogP contribution in [0.3, 0.4) is 0 Å². The monoisotopic (exact) mass is 539 g/mol. The summed E-state index contributed by atoms with van der Waals surface area (Å²) in [5.41, 5.74) is 0.613. The minimum atomic E-state index is -4.47. The molecule has 0 aromatic heterocycles. The number of hydrogen-bond donors (Lipinski definition) is 3. The summed E-state index contributed by atoms with van der Waals surface area (Å²) in [4.78, 5) is 13.4. The van der Waals surface area contributed by atoms with Crippen LogP contribution in [0.1, 0.15) is 35.2 Å². The highest BCUT2D eigenvalue weighted by molar-refractivity contribution is 7.49. The Labute approximate surface area is 218 Å². The molecule has 10 nitrogen and oxygen atoms in total. The van der Waals surface area contributed by atoms with Crippen LogP contribution < -0.4 is 28.4 Å². The van der Waals surface area contributed by atoms with Crippen molar-refractivity contribution in [1.82, 2.24) is 5.32 Å². The van der Waals surface area contributed by atoms with Gasteiger partial charge in [-0.3, -0.25) is 4.79 Å². The van der Waals surface area contributed by atoms with E-state index in [2.05, 4.69) is 5.32 Å². The maximum atomic E-state index is 14.2. The molecule has 1 fully saturated rings. The minimum absolute atomic E-state index is 0.0832. The molecule has 3 aliphatic rings. The number of aliphatic hydroxyl groups excluding tert-OH is 2. The van der Waals surface area contributed by atoms with E-state index in [1.54, 1.807) is 66.7 Å². The van der Waals surface area contributed by atoms with Crippen LogP contribution in [0.15, 0.2) is 66.7 Å². The zero-order valence-electron chi connectivity index (χ0n) is 20.4. The molecule has 0 spiro atoms. The third kappa shape index (κ3) is 4.34. The molecule has 1 saturated carbocycles. The zero-order chi connectivity index (χ0) is 26.4. The van der Waals surface area contributed by atoms with Crippen molar-refractivity contribution in [3.8, 4) is 28.7 Å². The molecular formula is C27H26NO9P. The van der Waals surface area contributed by atoms with Crippen molar-refractivity contribution < 1.29 is 42.6 Å². The van der Waals surface area contributed by atoms with E-state index in [1.165, 1.54) is 0 Å². The summed E-state index contributed by atoms with van der Waals surface area (Å²) in [5.74, 6) is -0.478. The minimum Gasteiger partial charge on any atom is -0.453 e. The number of phosphoric ester groups is 1. The van der Waals surface area contributed by atoms with Crippen LogP contribution in [-0.4, -0.2) is 41.2 Å². The summed E-state index contributed by atoms with van der Waals surface area (Å²) in [6, 6.07) is 17.7. The second-order valence-electron chi connectivity index (χ2n) is 9.55. The number of aliphatic hydroxyl groups is 2. The van der Waals surface area contributed by atoms with Crippen molar-refractivity contribution in [3.63, 3.8) is 0 Å². The molecule has 11 heteroatoms. The lowest BCUT2D eigenvalue weighted by molar-refractivity contribution is -0.0647. The van der Waals surface area contributed by atoms with Gasteiger partial charge in [0.15, 0.2) is 11.5 Å². The molecule has 2 aliphatic heterocycles. The first-order chi connectivity index (χ1) is 18.3. The van der Waals surface area contributed by atoms with Crippen LogP contribution in [0, 0.1) is 5.92 Å². The number of hydrogen-bond acceptors (Lipinski definition) is 9. The lowest BCUT2D eigenvalue weighted by atomic mass is 9.69. The number of ether oxygens (including phenoxy) is 2. The summed E-state index contributed by atoms with van der Waals surface area (Å²) < 4.78 is 43.0. The predicted octanol–water partition coefficient (Wildman–Crippen LogP) is 4.02. The van der Waals surface area contributed by atoms with Gasteiger partial charge in [0.2, 0.25) is 12.5 Å². The fraction of sp³-hybridized carbons (Fsp3) is 0.296. The Morgan fingerprint density at radius 2 is 1.55 bits per heavy atom. The van der Waals surface area contributed by atoms with E-state index in [-0.39, 0.29) is 47.2 Å². The summed E-state index contributed by atoms with van der Waals surface area (Å²) in [6.45, 7) is 1.70. The second-order valence-corrected chi connectivity index (χ2v) is 11.0. The SMILES string of the molecule is C[C@H]1CC2c3cc4c(c(OP(=O)(Oc5ccccc5)Oc5ccccc5)c3C(=O)N[C@H]2[C@H](O)[C@@H]1O)OCO4. The van der Waals surface area contributed by atoms with Crippen LogP contribution in [-0.2, 0) is 4.57 Å². The maximum absolute atomic E-state index is 14.2. The van der Waals surface area contributed by atoms with Crippen LogP contribution in [0.25, 0.3) is 0 Å². The Hall–Kier alpha value is -3.72. The number of rotatable bonds is 6. The number of fused-ring (bicyclic) bond motifs is 4. The topological polar surface area (TPSA) is 133 Å². The van der Waals surface area contributed by atoms with Crippen LogP contribution >= 0.6 is 7.82 Å². The average molecular weight is 539 g/mol. The molecule has 0 saturated heterocycles. The Morgan fingerprint density at radius 3 is 2.18 bits per heavy atom. The Morgan fingerprint density at radius 1 is 0.921 bits per heavy atom. The molecule has 1 aliphatic carbocycles. The van der Waals surface area contributed by atoms with Crippen molar-refractivity contribution in [1.29, 1.82) is 0 Å². The highest BCUT2D eigenvalue weighted by Gasteiger charge is 2.49. The van der Waals surface area contributed by atoms with E-state index >= 15 is 0 Å². The van der Waals surface area contributed by atoms with E-state index in [9.17, 15) is 19.6 Å². The molecule has 3 aromatic rings. The Balaban J connectivity index is 1.46. The smallest absolute Gasteiger partial charge is 0.453 e. The van der Waals surface area contributed by atoms with Gasteiger partial charge >= 0.3 is 7.82 Å². The molecule has 0 radical (unpaired) electrons. The molecule has 1 unspecified atom stereocenters. The molecule has 38 heavy (non-hydrogen) atoms. The van der Waals surface area contributed by atoms with Crippen LogP contribution in [0.5, 0.6) is 28.7 Å². The molecule has 1 amide bonds. The number of phosphoric acid groups is 1. The van der Waals surface area contributed by atoms with Gasteiger partial charge in [0.25, 0.3) is 5.91 Å². The second kappa shape index (κ2) is 9.54. The van der Waals surface area contributed by atoms with Crippen LogP contribution in [0.2, 0.25) is 0 Å². The third-order valence-electron chi connectivity index (χ3n) is 7.06. The molecule has 0 bridgehead atoms. The number of nitrogens with one attached hydrogen (secondary N) is 1. The van der Waals surface area contributed by atoms with Gasteiger partial charge in [0, 0.05) is 5.92 Å². The van der Waals surface area contributed by atoms with Crippen molar-refractivity contribution in [3.05, 3.63) is 77.9 Å². The van der Waals surface area contributed by atoms with E-state index in [0.717, 1.165) is 0 Å². The lowest BCUT2D eigenvalue weighted by Crippen LogP contribution is -2.59. The van der Waals surface area contributed by atoms with Gasteiger partial charge in [-0.25, -0.2) is 0 Å². The quantitative estimate of drug-likeness (QED) is 0.397. The van der Waals surface area contributed by atoms with Gasteiger partial charge < -0.3 is 38.6 Å². The van der Waals surface area contributed by atoms with E-state index < -0.39 is 32.0 Å². The third-order valence-corrected chi connectivity index (χ3v) is 8.33. The Kier molecular flexibility index (Phi) is 6.18. The molecule has 5 atom stereocenters. The van der Waals surface area contributed by atoms with Gasteiger partial charge in [0.05, 0.1) is 17.7 Å². The average Bonchev–Trinajstić information content (AvgIpc) is 3.38. The first kappa shape index (κ1) is 24.6. The number of amides is 1. The van der Waals surface area contributed by atoms with Crippen molar-refractivity contribution >= 4 is 13.7 Å². The number of benzene rings is 3. The first-order valence-electron chi connectivity index (χ1n) is 12.3. The summed E-state index contributed by atoms with van der Waals surface area (Å²) in [7, 11) is -4.47. The Bertz CT molecular complexity index is 1360. The van der Waals surface area contributed by atoms with E-state index in [1.807, 2.05) is 6.92 Å². The standard InChI is InChI=1S/C27H26NO9P/c1-15-12-19-18-13-20-25(34-14-33-20)26(21(18)27(31)28-22(19)24(30)23(15)29)37-38(32,35-16-8-4-2-5-9-16)36-17-10-6-3-7-11-17/h2-11,13,15,19,22-24,29-30H,12,14H2,1H3,(H,28,31)/t15-,19?,22+,23+,24-/m0/s1. The summed E-state index contributed by atoms with van der Waals surface area (Å²) >= 11 is 0. The molecule has 3 aromatic carbocycles. The van der Waals surface area contributed by atoms with Gasteiger partial charge in [-0.15, -0.1) is 0 Å². The number of carbonyl (C=O) groups is 1. The molecule has 198 valence electrons. The lowest BCUT2D eigenvalue weighted by Gasteiger charge is -2.45. The first-order valence-corrected chi connectivity index (χ1v) is 13.7. The number of carbonyl (C=O) groups excluding carboxylic acids is 1.